The number of H-pyrrole nitrogens is 1. The first-order chi connectivity index (χ1) is 21.8. The lowest BCUT2D eigenvalue weighted by molar-refractivity contribution is -0.148. The minimum absolute atomic E-state index is 0.167. The molecule has 1 aliphatic rings. The average molecular weight is 617 g/mol. The van der Waals surface area contributed by atoms with Crippen LogP contribution in [0.5, 0.6) is 5.88 Å². The van der Waals surface area contributed by atoms with E-state index in [0.29, 0.717) is 42.6 Å². The van der Waals surface area contributed by atoms with Crippen molar-refractivity contribution in [3.63, 3.8) is 0 Å². The summed E-state index contributed by atoms with van der Waals surface area (Å²) in [6.07, 6.45) is -0.185. The Labute approximate surface area is 254 Å². The Kier molecular flexibility index (Phi) is 7.20. The lowest BCUT2D eigenvalue weighted by Crippen LogP contribution is -2.51. The highest BCUT2D eigenvalue weighted by molar-refractivity contribution is 5.85. The van der Waals surface area contributed by atoms with Gasteiger partial charge in [0.2, 0.25) is 17.6 Å². The number of benzene rings is 2. The van der Waals surface area contributed by atoms with Crippen molar-refractivity contribution < 1.29 is 27.1 Å². The molecule has 2 aromatic carbocycles. The van der Waals surface area contributed by atoms with Gasteiger partial charge in [0.15, 0.2) is 6.39 Å². The van der Waals surface area contributed by atoms with Crippen LogP contribution < -0.4 is 4.74 Å². The summed E-state index contributed by atoms with van der Waals surface area (Å²) in [5, 5.41) is 0.908. The number of aromatic nitrogens is 6. The second-order valence-corrected chi connectivity index (χ2v) is 10.7. The lowest BCUT2D eigenvalue weighted by atomic mass is 10.1. The summed E-state index contributed by atoms with van der Waals surface area (Å²) in [6.45, 7) is 1.02. The molecule has 0 saturated carbocycles. The number of para-hydroxylation sites is 3. The highest BCUT2D eigenvalue weighted by Gasteiger charge is 2.40. The number of carbonyl (C=O) groups is 1. The standard InChI is InChI=1S/C31H27F3N8O3/c1-44-29-21(12-19-6-2-3-7-22(19)38-29)24-13-35-28(37-24)26-15-40(14-20-17-45-18-36-20)10-11-41(26)27(43)16-42-25-9-5-4-8-23(25)39-30(42)31(32,33)34/h2-9,12-13,17-18,26H,10-11,14-16H2,1H3,(H,35,37)/t26-/m0/s1. The van der Waals surface area contributed by atoms with E-state index in [9.17, 15) is 18.0 Å². The average Bonchev–Trinajstić information content (AvgIpc) is 3.81. The van der Waals surface area contributed by atoms with Crippen molar-refractivity contribution in [2.24, 2.45) is 0 Å². The minimum atomic E-state index is -4.74. The molecule has 230 valence electrons. The molecule has 1 saturated heterocycles. The summed E-state index contributed by atoms with van der Waals surface area (Å²) < 4.78 is 53.7. The van der Waals surface area contributed by atoms with Crippen LogP contribution in [0.2, 0.25) is 0 Å². The highest BCUT2D eigenvalue weighted by atomic mass is 19.4. The SMILES string of the molecule is COc1nc2ccccc2cc1-c1cnc([C@@H]2CN(Cc3cocn3)CCN2C(=O)Cn2c(C(F)(F)F)nc3ccccc32)[nH]1. The molecule has 0 unspecified atom stereocenters. The molecule has 0 radical (unpaired) electrons. The second-order valence-electron chi connectivity index (χ2n) is 10.7. The number of piperazine rings is 1. The number of nitrogens with zero attached hydrogens (tertiary/aromatic N) is 7. The first-order valence-electron chi connectivity index (χ1n) is 14.2. The van der Waals surface area contributed by atoms with Crippen LogP contribution in [0.1, 0.15) is 23.4 Å². The van der Waals surface area contributed by atoms with Gasteiger partial charge in [0.05, 0.1) is 46.8 Å². The van der Waals surface area contributed by atoms with Crippen molar-refractivity contribution in [2.45, 2.75) is 25.3 Å². The number of carbonyl (C=O) groups excluding carboxylic acids is 1. The van der Waals surface area contributed by atoms with E-state index in [1.165, 1.54) is 25.6 Å². The highest BCUT2D eigenvalue weighted by Crippen LogP contribution is 2.34. The van der Waals surface area contributed by atoms with Gasteiger partial charge < -0.3 is 23.6 Å². The first kappa shape index (κ1) is 28.5. The van der Waals surface area contributed by atoms with E-state index in [4.69, 9.17) is 9.15 Å². The Morgan fingerprint density at radius 2 is 1.87 bits per heavy atom. The number of hydrogen-bond donors (Lipinski definition) is 1. The largest absolute Gasteiger partial charge is 0.480 e. The number of methoxy groups -OCH3 is 1. The number of oxazole rings is 1. The van der Waals surface area contributed by atoms with Crippen LogP contribution in [0, 0.1) is 0 Å². The van der Waals surface area contributed by atoms with Crippen LogP contribution in [-0.4, -0.2) is 71.9 Å². The van der Waals surface area contributed by atoms with Crippen molar-refractivity contribution in [3.8, 4) is 17.1 Å². The molecule has 1 fully saturated rings. The molecule has 1 aliphatic heterocycles. The number of nitrogens with one attached hydrogen (secondary N) is 1. The Bertz CT molecular complexity index is 1990. The number of halogens is 3. The van der Waals surface area contributed by atoms with E-state index < -0.39 is 30.5 Å². The Morgan fingerprint density at radius 3 is 2.64 bits per heavy atom. The molecule has 11 nitrogen and oxygen atoms in total. The first-order valence-corrected chi connectivity index (χ1v) is 14.2. The third-order valence-corrected chi connectivity index (χ3v) is 7.94. The zero-order valence-electron chi connectivity index (χ0n) is 24.0. The zero-order valence-corrected chi connectivity index (χ0v) is 24.0. The van der Waals surface area contributed by atoms with E-state index in [1.807, 2.05) is 30.3 Å². The van der Waals surface area contributed by atoms with Crippen LogP contribution in [0.15, 0.2) is 77.9 Å². The van der Waals surface area contributed by atoms with Gasteiger partial charge in [-0.1, -0.05) is 30.3 Å². The molecule has 1 atom stereocenters. The fourth-order valence-electron chi connectivity index (χ4n) is 5.83. The Balaban J connectivity index is 1.23. The fourth-order valence-corrected chi connectivity index (χ4v) is 5.83. The van der Waals surface area contributed by atoms with Gasteiger partial charge in [-0.3, -0.25) is 9.69 Å². The number of amides is 1. The van der Waals surface area contributed by atoms with Crippen LogP contribution in [0.25, 0.3) is 33.2 Å². The number of imidazole rings is 2. The van der Waals surface area contributed by atoms with Crippen LogP contribution >= 0.6 is 0 Å². The Morgan fingerprint density at radius 1 is 1.07 bits per heavy atom. The number of hydrogen-bond acceptors (Lipinski definition) is 8. The smallest absolute Gasteiger partial charge is 0.449 e. The molecule has 45 heavy (non-hydrogen) atoms. The molecule has 0 spiro atoms. The lowest BCUT2D eigenvalue weighted by Gasteiger charge is -2.40. The van der Waals surface area contributed by atoms with E-state index in [0.717, 1.165) is 21.2 Å². The van der Waals surface area contributed by atoms with Crippen LogP contribution in [-0.2, 0) is 24.1 Å². The maximum Gasteiger partial charge on any atom is 0.449 e. The molecule has 1 amide bonds. The molecule has 6 aromatic rings. The fraction of sp³-hybridized carbons (Fsp3) is 0.258. The summed E-state index contributed by atoms with van der Waals surface area (Å²) in [7, 11) is 1.54. The van der Waals surface area contributed by atoms with Gasteiger partial charge >= 0.3 is 6.18 Å². The van der Waals surface area contributed by atoms with Gasteiger partial charge in [0, 0.05) is 31.6 Å². The van der Waals surface area contributed by atoms with Gasteiger partial charge in [0.25, 0.3) is 0 Å². The van der Waals surface area contributed by atoms with Crippen molar-refractivity contribution in [1.82, 2.24) is 39.3 Å². The molecule has 5 heterocycles. The molecular formula is C31H27F3N8O3. The number of fused-ring (bicyclic) bond motifs is 2. The van der Waals surface area contributed by atoms with Crippen molar-refractivity contribution in [3.05, 3.63) is 90.8 Å². The van der Waals surface area contributed by atoms with Gasteiger partial charge in [-0.05, 0) is 24.3 Å². The maximum absolute atomic E-state index is 14.0. The zero-order chi connectivity index (χ0) is 31.1. The van der Waals surface area contributed by atoms with E-state index >= 15 is 0 Å². The van der Waals surface area contributed by atoms with Gasteiger partial charge in [-0.15, -0.1) is 0 Å². The van der Waals surface area contributed by atoms with Crippen molar-refractivity contribution in [1.29, 1.82) is 0 Å². The normalized spacial score (nSPS) is 16.1. The quantitative estimate of drug-likeness (QED) is 0.264. The van der Waals surface area contributed by atoms with E-state index in [-0.39, 0.29) is 17.6 Å². The monoisotopic (exact) mass is 616 g/mol. The molecular weight excluding hydrogens is 589 g/mol. The summed E-state index contributed by atoms with van der Waals surface area (Å²) >= 11 is 0. The summed E-state index contributed by atoms with van der Waals surface area (Å²) in [4.78, 5) is 38.2. The van der Waals surface area contributed by atoms with Crippen LogP contribution in [0.3, 0.4) is 0 Å². The van der Waals surface area contributed by atoms with Crippen molar-refractivity contribution >= 4 is 27.8 Å². The molecule has 7 rings (SSSR count). The van der Waals surface area contributed by atoms with Gasteiger partial charge in [0.1, 0.15) is 24.7 Å². The number of rotatable bonds is 7. The van der Waals surface area contributed by atoms with Crippen molar-refractivity contribution in [2.75, 3.05) is 26.7 Å². The molecule has 1 N–H and O–H groups in total. The number of aromatic amines is 1. The third kappa shape index (κ3) is 5.48. The third-order valence-electron chi connectivity index (χ3n) is 7.94. The van der Waals surface area contributed by atoms with Gasteiger partial charge in [-0.2, -0.15) is 13.2 Å². The topological polar surface area (TPSA) is 118 Å². The minimum Gasteiger partial charge on any atom is -0.480 e. The molecule has 0 bridgehead atoms. The number of ether oxygens (including phenoxy) is 1. The van der Waals surface area contributed by atoms with E-state index in [1.54, 1.807) is 29.5 Å². The van der Waals surface area contributed by atoms with Crippen LogP contribution in [0.4, 0.5) is 13.2 Å². The van der Waals surface area contributed by atoms with Gasteiger partial charge in [-0.25, -0.2) is 19.9 Å². The molecule has 14 heteroatoms. The summed E-state index contributed by atoms with van der Waals surface area (Å²) in [5.41, 5.74) is 3.20. The predicted octanol–water partition coefficient (Wildman–Crippen LogP) is 5.08. The maximum atomic E-state index is 14.0. The predicted molar refractivity (Wildman–Crippen MR) is 157 cm³/mol. The molecule has 0 aliphatic carbocycles. The summed E-state index contributed by atoms with van der Waals surface area (Å²) in [5.74, 6) is -0.725. The second kappa shape index (κ2) is 11.4. The van der Waals surface area contributed by atoms with E-state index in [2.05, 4.69) is 29.8 Å². The summed E-state index contributed by atoms with van der Waals surface area (Å²) in [6, 6.07) is 15.3. The Hall–Kier alpha value is -5.24. The molecule has 4 aromatic heterocycles. The number of alkyl halides is 3. The number of pyridine rings is 1.